The van der Waals surface area contributed by atoms with Crippen LogP contribution in [0.3, 0.4) is 0 Å². The number of aliphatic hydroxyl groups is 1. The van der Waals surface area contributed by atoms with Gasteiger partial charge in [0.1, 0.15) is 5.75 Å². The van der Waals surface area contributed by atoms with E-state index < -0.39 is 0 Å². The number of hydrogen-bond donors (Lipinski definition) is 1. The maximum Gasteiger partial charge on any atom is 0.246 e. The molecule has 0 saturated heterocycles. The molecule has 1 aromatic rings. The number of likely N-dealkylation sites (N-methyl/N-ethyl adjacent to an activating group) is 1. The van der Waals surface area contributed by atoms with Gasteiger partial charge < -0.3 is 14.7 Å². The monoisotopic (exact) mass is 423 g/mol. The van der Waals surface area contributed by atoms with Crippen molar-refractivity contribution in [3.05, 3.63) is 42.0 Å². The molecule has 4 heteroatoms. The Hall–Kier alpha value is -1.81. The molecular formula is C27H37NO3. The molecular weight excluding hydrogens is 386 g/mol. The Morgan fingerprint density at radius 2 is 2.00 bits per heavy atom. The zero-order valence-electron chi connectivity index (χ0n) is 19.4. The van der Waals surface area contributed by atoms with Gasteiger partial charge >= 0.3 is 0 Å². The van der Waals surface area contributed by atoms with E-state index in [-0.39, 0.29) is 28.9 Å². The van der Waals surface area contributed by atoms with Crippen LogP contribution in [0.25, 0.3) is 0 Å². The van der Waals surface area contributed by atoms with Crippen LogP contribution in [0.15, 0.2) is 36.4 Å². The minimum Gasteiger partial charge on any atom is -0.497 e. The molecule has 1 heterocycles. The zero-order chi connectivity index (χ0) is 22.0. The van der Waals surface area contributed by atoms with E-state index in [1.165, 1.54) is 5.56 Å². The molecule has 0 spiro atoms. The van der Waals surface area contributed by atoms with Crippen LogP contribution in [0, 0.1) is 34.5 Å². The molecule has 1 aliphatic heterocycles. The summed E-state index contributed by atoms with van der Waals surface area (Å²) in [5.74, 6) is 3.20. The SMILES string of the molecule is COc1cccc(CC2C[C@@H]3[C@@H](CC[C@]4(C)C(O)CC[C@@H]34)[C@@]3(C)C=CC(=O)N(C)C23)c1. The molecule has 1 amide bonds. The number of rotatable bonds is 3. The van der Waals surface area contributed by atoms with Crippen molar-refractivity contribution in [1.29, 1.82) is 0 Å². The third kappa shape index (κ3) is 3.08. The Balaban J connectivity index is 1.54. The Bertz CT molecular complexity index is 896. The number of hydrogen-bond acceptors (Lipinski definition) is 3. The van der Waals surface area contributed by atoms with Gasteiger partial charge in [-0.15, -0.1) is 0 Å². The molecule has 0 bridgehead atoms. The first kappa shape index (κ1) is 21.1. The van der Waals surface area contributed by atoms with Gasteiger partial charge in [-0.1, -0.05) is 32.1 Å². The van der Waals surface area contributed by atoms with E-state index in [0.29, 0.717) is 23.7 Å². The lowest BCUT2D eigenvalue weighted by Crippen LogP contribution is -2.63. The van der Waals surface area contributed by atoms with Gasteiger partial charge in [0, 0.05) is 18.5 Å². The van der Waals surface area contributed by atoms with Crippen molar-refractivity contribution in [1.82, 2.24) is 4.90 Å². The molecule has 31 heavy (non-hydrogen) atoms. The highest BCUT2D eigenvalue weighted by atomic mass is 16.5. The molecule has 3 aliphatic carbocycles. The summed E-state index contributed by atoms with van der Waals surface area (Å²) < 4.78 is 5.47. The normalized spacial score (nSPS) is 43.9. The van der Waals surface area contributed by atoms with E-state index in [1.807, 2.05) is 24.1 Å². The summed E-state index contributed by atoms with van der Waals surface area (Å²) >= 11 is 0. The molecule has 0 aromatic heterocycles. The summed E-state index contributed by atoms with van der Waals surface area (Å²) in [5.41, 5.74) is 1.33. The Morgan fingerprint density at radius 1 is 1.19 bits per heavy atom. The van der Waals surface area contributed by atoms with Crippen molar-refractivity contribution >= 4 is 5.91 Å². The largest absolute Gasteiger partial charge is 0.497 e. The number of benzene rings is 1. The number of methoxy groups -OCH3 is 1. The van der Waals surface area contributed by atoms with Gasteiger partial charge in [-0.25, -0.2) is 0 Å². The minimum absolute atomic E-state index is 0.00994. The Labute approximate surface area is 186 Å². The number of ether oxygens (including phenoxy) is 1. The van der Waals surface area contributed by atoms with Crippen LogP contribution < -0.4 is 4.74 Å². The van der Waals surface area contributed by atoms with Crippen LogP contribution in [0.5, 0.6) is 5.75 Å². The Kier molecular flexibility index (Phi) is 5.00. The fourth-order valence-corrected chi connectivity index (χ4v) is 8.32. The molecule has 8 atom stereocenters. The second-order valence-electron chi connectivity index (χ2n) is 11.2. The molecule has 3 unspecified atom stereocenters. The van der Waals surface area contributed by atoms with E-state index >= 15 is 0 Å². The highest BCUT2D eigenvalue weighted by Crippen LogP contribution is 2.65. The molecule has 5 rings (SSSR count). The smallest absolute Gasteiger partial charge is 0.246 e. The van der Waals surface area contributed by atoms with Crippen molar-refractivity contribution in [3.8, 4) is 5.75 Å². The average molecular weight is 424 g/mol. The van der Waals surface area contributed by atoms with Crippen molar-refractivity contribution in [2.75, 3.05) is 14.2 Å². The number of carbonyl (C=O) groups is 1. The van der Waals surface area contributed by atoms with Crippen LogP contribution in [0.1, 0.15) is 51.5 Å². The maximum absolute atomic E-state index is 12.7. The number of fused-ring (bicyclic) bond motifs is 5. The number of carbonyl (C=O) groups excluding carboxylic acids is 1. The summed E-state index contributed by atoms with van der Waals surface area (Å²) in [7, 11) is 3.72. The molecule has 3 saturated carbocycles. The predicted molar refractivity (Wildman–Crippen MR) is 122 cm³/mol. The molecule has 168 valence electrons. The van der Waals surface area contributed by atoms with Gasteiger partial charge in [0.05, 0.1) is 13.2 Å². The van der Waals surface area contributed by atoms with Crippen LogP contribution >= 0.6 is 0 Å². The maximum atomic E-state index is 12.7. The third-order valence-electron chi connectivity index (χ3n) is 9.83. The van der Waals surface area contributed by atoms with Crippen molar-refractivity contribution < 1.29 is 14.6 Å². The molecule has 4 nitrogen and oxygen atoms in total. The summed E-state index contributed by atoms with van der Waals surface area (Å²) in [6.07, 6.45) is 10.4. The average Bonchev–Trinajstić information content (AvgIpc) is 3.06. The molecule has 3 fully saturated rings. The lowest BCUT2D eigenvalue weighted by molar-refractivity contribution is -0.148. The molecule has 1 N–H and O–H groups in total. The first-order valence-corrected chi connectivity index (χ1v) is 12.0. The van der Waals surface area contributed by atoms with Crippen LogP contribution in [0.4, 0.5) is 0 Å². The predicted octanol–water partition coefficient (Wildman–Crippen LogP) is 4.46. The standard InChI is InChI=1S/C27H37NO3/c1-26-12-10-22-20(21(26)8-9-23(26)29)16-18(14-17-6-5-7-19(15-17)31-4)25-27(22,2)13-11-24(30)28(25)3/h5-7,11,13,15,18,20-23,25,29H,8-10,12,14,16H2,1-4H3/t18?,20-,21-,22+,23?,25?,26-,27+/m0/s1. The number of amides is 1. The summed E-state index contributed by atoms with van der Waals surface area (Å²) in [5, 5.41) is 10.8. The Morgan fingerprint density at radius 3 is 2.77 bits per heavy atom. The second kappa shape index (κ2) is 7.37. The van der Waals surface area contributed by atoms with Gasteiger partial charge in [0.15, 0.2) is 0 Å². The molecule has 0 radical (unpaired) electrons. The number of aliphatic hydroxyl groups excluding tert-OH is 1. The van der Waals surface area contributed by atoms with E-state index in [4.69, 9.17) is 4.74 Å². The van der Waals surface area contributed by atoms with Gasteiger partial charge in [-0.2, -0.15) is 0 Å². The first-order valence-electron chi connectivity index (χ1n) is 12.0. The van der Waals surface area contributed by atoms with E-state index in [9.17, 15) is 9.90 Å². The highest BCUT2D eigenvalue weighted by molar-refractivity contribution is 5.89. The van der Waals surface area contributed by atoms with Gasteiger partial charge in [0.2, 0.25) is 5.91 Å². The lowest BCUT2D eigenvalue weighted by Gasteiger charge is -2.62. The van der Waals surface area contributed by atoms with Crippen LogP contribution in [-0.2, 0) is 11.2 Å². The third-order valence-corrected chi connectivity index (χ3v) is 9.83. The van der Waals surface area contributed by atoms with Crippen LogP contribution in [0.2, 0.25) is 0 Å². The van der Waals surface area contributed by atoms with Gasteiger partial charge in [-0.05, 0) is 91.4 Å². The van der Waals surface area contributed by atoms with Gasteiger partial charge in [-0.3, -0.25) is 4.79 Å². The second-order valence-corrected chi connectivity index (χ2v) is 11.2. The molecule has 4 aliphatic rings. The summed E-state index contributed by atoms with van der Waals surface area (Å²) in [4.78, 5) is 14.7. The van der Waals surface area contributed by atoms with E-state index in [0.717, 1.165) is 44.3 Å². The zero-order valence-corrected chi connectivity index (χ0v) is 19.4. The summed E-state index contributed by atoms with van der Waals surface area (Å²) in [6.45, 7) is 4.74. The molecule has 1 aromatic carbocycles. The first-order chi connectivity index (χ1) is 14.8. The summed E-state index contributed by atoms with van der Waals surface area (Å²) in [6, 6.07) is 8.62. The number of nitrogens with zero attached hydrogens (tertiary/aromatic N) is 1. The van der Waals surface area contributed by atoms with E-state index in [1.54, 1.807) is 7.11 Å². The van der Waals surface area contributed by atoms with Crippen molar-refractivity contribution in [2.24, 2.45) is 34.5 Å². The van der Waals surface area contributed by atoms with Crippen LogP contribution in [-0.4, -0.2) is 42.2 Å². The topological polar surface area (TPSA) is 49.8 Å². The van der Waals surface area contributed by atoms with Gasteiger partial charge in [0.25, 0.3) is 0 Å². The fourth-order valence-electron chi connectivity index (χ4n) is 8.32. The van der Waals surface area contributed by atoms with E-state index in [2.05, 4.69) is 38.1 Å². The fraction of sp³-hybridized carbons (Fsp3) is 0.667. The van der Waals surface area contributed by atoms with Crippen molar-refractivity contribution in [3.63, 3.8) is 0 Å². The minimum atomic E-state index is -0.160. The highest BCUT2D eigenvalue weighted by Gasteiger charge is 2.62. The quantitative estimate of drug-likeness (QED) is 0.781. The lowest BCUT2D eigenvalue weighted by atomic mass is 9.46. The van der Waals surface area contributed by atoms with Crippen molar-refractivity contribution in [2.45, 2.75) is 64.5 Å².